The van der Waals surface area contributed by atoms with Crippen molar-refractivity contribution in [2.24, 2.45) is 0 Å². The fourth-order valence-corrected chi connectivity index (χ4v) is 3.84. The van der Waals surface area contributed by atoms with Crippen LogP contribution in [0, 0.1) is 0 Å². The first-order valence-electron chi connectivity index (χ1n) is 8.95. The van der Waals surface area contributed by atoms with E-state index >= 15 is 0 Å². The second-order valence-corrected chi connectivity index (χ2v) is 6.79. The number of para-hydroxylation sites is 1. The number of aryl methyl sites for hydroxylation is 1. The zero-order valence-corrected chi connectivity index (χ0v) is 14.3. The summed E-state index contributed by atoms with van der Waals surface area (Å²) < 4.78 is 0. The van der Waals surface area contributed by atoms with Crippen LogP contribution in [0.5, 0.6) is 0 Å². The van der Waals surface area contributed by atoms with Gasteiger partial charge >= 0.3 is 0 Å². The van der Waals surface area contributed by atoms with Crippen molar-refractivity contribution in [3.63, 3.8) is 0 Å². The monoisotopic (exact) mass is 334 g/mol. The molecule has 2 aromatic rings. The molecule has 0 spiro atoms. The molecule has 2 amide bonds. The number of hydrogen-bond donors (Lipinski definition) is 0. The Labute approximate surface area is 148 Å². The SMILES string of the molecule is O=C(CC(=O)N1CCCc2ccccc21)N1CCc2ccccc2C1. The van der Waals surface area contributed by atoms with E-state index < -0.39 is 0 Å². The molecule has 0 radical (unpaired) electrons. The molecule has 25 heavy (non-hydrogen) atoms. The molecule has 0 aromatic heterocycles. The van der Waals surface area contributed by atoms with Gasteiger partial charge in [0.2, 0.25) is 11.8 Å². The number of hydrogen-bond acceptors (Lipinski definition) is 2. The lowest BCUT2D eigenvalue weighted by Gasteiger charge is -2.32. The Kier molecular flexibility index (Phi) is 4.26. The molecule has 4 nitrogen and oxygen atoms in total. The van der Waals surface area contributed by atoms with Gasteiger partial charge in [-0.3, -0.25) is 9.59 Å². The van der Waals surface area contributed by atoms with Gasteiger partial charge in [0.05, 0.1) is 0 Å². The Morgan fingerprint density at radius 1 is 0.800 bits per heavy atom. The van der Waals surface area contributed by atoms with E-state index in [1.165, 1.54) is 16.7 Å². The zero-order chi connectivity index (χ0) is 17.2. The van der Waals surface area contributed by atoms with Crippen LogP contribution >= 0.6 is 0 Å². The summed E-state index contributed by atoms with van der Waals surface area (Å²) in [6.07, 6.45) is 2.77. The molecule has 2 heterocycles. The highest BCUT2D eigenvalue weighted by molar-refractivity contribution is 6.05. The second-order valence-electron chi connectivity index (χ2n) is 6.79. The third-order valence-electron chi connectivity index (χ3n) is 5.20. The van der Waals surface area contributed by atoms with Crippen molar-refractivity contribution in [3.05, 3.63) is 65.2 Å². The second kappa shape index (κ2) is 6.71. The molecule has 2 aliphatic heterocycles. The van der Waals surface area contributed by atoms with Crippen LogP contribution < -0.4 is 4.90 Å². The summed E-state index contributed by atoms with van der Waals surface area (Å²) in [7, 11) is 0. The largest absolute Gasteiger partial charge is 0.338 e. The molecule has 0 unspecified atom stereocenters. The van der Waals surface area contributed by atoms with Crippen molar-refractivity contribution in [1.82, 2.24) is 4.90 Å². The number of benzene rings is 2. The number of anilines is 1. The number of carbonyl (C=O) groups is 2. The Hall–Kier alpha value is -2.62. The number of rotatable bonds is 2. The fraction of sp³-hybridized carbons (Fsp3) is 0.333. The first kappa shape index (κ1) is 15.9. The molecule has 0 bridgehead atoms. The smallest absolute Gasteiger partial charge is 0.236 e. The fourth-order valence-electron chi connectivity index (χ4n) is 3.84. The van der Waals surface area contributed by atoms with Crippen molar-refractivity contribution in [2.45, 2.75) is 32.2 Å². The zero-order valence-electron chi connectivity index (χ0n) is 14.3. The van der Waals surface area contributed by atoms with Gasteiger partial charge in [-0.25, -0.2) is 0 Å². The normalized spacial score (nSPS) is 16.2. The van der Waals surface area contributed by atoms with Gasteiger partial charge in [-0.2, -0.15) is 0 Å². The number of fused-ring (bicyclic) bond motifs is 2. The molecule has 0 aliphatic carbocycles. The number of nitrogens with zero attached hydrogens (tertiary/aromatic N) is 2. The molecule has 0 N–H and O–H groups in total. The van der Waals surface area contributed by atoms with E-state index in [0.29, 0.717) is 19.6 Å². The molecule has 128 valence electrons. The predicted molar refractivity (Wildman–Crippen MR) is 97.3 cm³/mol. The van der Waals surface area contributed by atoms with Gasteiger partial charge in [-0.15, -0.1) is 0 Å². The standard InChI is InChI=1S/C21H22N2O2/c24-20(22-13-11-16-6-1-2-8-18(16)15-22)14-21(25)23-12-5-9-17-7-3-4-10-19(17)23/h1-4,6-8,10H,5,9,11-15H2. The lowest BCUT2D eigenvalue weighted by atomic mass is 9.99. The van der Waals surface area contributed by atoms with Crippen LogP contribution in [0.3, 0.4) is 0 Å². The average molecular weight is 334 g/mol. The lowest BCUT2D eigenvalue weighted by Crippen LogP contribution is -2.41. The summed E-state index contributed by atoms with van der Waals surface area (Å²) in [6.45, 7) is 2.00. The van der Waals surface area contributed by atoms with Gasteiger partial charge in [0.1, 0.15) is 6.42 Å². The van der Waals surface area contributed by atoms with E-state index in [-0.39, 0.29) is 18.2 Å². The van der Waals surface area contributed by atoms with Gasteiger partial charge in [0.25, 0.3) is 0 Å². The minimum Gasteiger partial charge on any atom is -0.338 e. The van der Waals surface area contributed by atoms with Crippen molar-refractivity contribution >= 4 is 17.5 Å². The van der Waals surface area contributed by atoms with Crippen LogP contribution in [-0.4, -0.2) is 29.8 Å². The maximum absolute atomic E-state index is 12.7. The summed E-state index contributed by atoms with van der Waals surface area (Å²) in [5.41, 5.74) is 4.66. The summed E-state index contributed by atoms with van der Waals surface area (Å²) in [4.78, 5) is 29.0. The van der Waals surface area contributed by atoms with Crippen LogP contribution in [0.15, 0.2) is 48.5 Å². The molecule has 0 saturated heterocycles. The maximum atomic E-state index is 12.7. The average Bonchev–Trinajstić information content (AvgIpc) is 2.67. The maximum Gasteiger partial charge on any atom is 0.236 e. The van der Waals surface area contributed by atoms with Gasteiger partial charge < -0.3 is 9.80 Å². The summed E-state index contributed by atoms with van der Waals surface area (Å²) in [5.74, 6) is -0.154. The lowest BCUT2D eigenvalue weighted by molar-refractivity contribution is -0.136. The molecule has 2 aliphatic rings. The van der Waals surface area contributed by atoms with Crippen molar-refractivity contribution in [3.8, 4) is 0 Å². The van der Waals surface area contributed by atoms with Crippen LogP contribution in [0.25, 0.3) is 0 Å². The molecular formula is C21H22N2O2. The molecule has 4 rings (SSSR count). The van der Waals surface area contributed by atoms with Crippen LogP contribution in [-0.2, 0) is 29.0 Å². The van der Waals surface area contributed by atoms with Gasteiger partial charge in [0, 0.05) is 25.3 Å². The first-order valence-corrected chi connectivity index (χ1v) is 8.95. The van der Waals surface area contributed by atoms with E-state index in [1.54, 1.807) is 4.90 Å². The van der Waals surface area contributed by atoms with Crippen LogP contribution in [0.2, 0.25) is 0 Å². The minimum atomic E-state index is -0.0870. The third-order valence-corrected chi connectivity index (χ3v) is 5.20. The van der Waals surface area contributed by atoms with Crippen molar-refractivity contribution in [2.75, 3.05) is 18.0 Å². The molecule has 2 aromatic carbocycles. The highest BCUT2D eigenvalue weighted by atomic mass is 16.2. The van der Waals surface area contributed by atoms with Crippen molar-refractivity contribution in [1.29, 1.82) is 0 Å². The van der Waals surface area contributed by atoms with E-state index in [1.807, 2.05) is 35.2 Å². The quantitative estimate of drug-likeness (QED) is 0.792. The molecule has 4 heteroatoms. The van der Waals surface area contributed by atoms with E-state index in [0.717, 1.165) is 24.9 Å². The van der Waals surface area contributed by atoms with E-state index in [4.69, 9.17) is 0 Å². The highest BCUT2D eigenvalue weighted by Crippen LogP contribution is 2.27. The van der Waals surface area contributed by atoms with Gasteiger partial charge in [-0.1, -0.05) is 42.5 Å². The Morgan fingerprint density at radius 2 is 1.52 bits per heavy atom. The topological polar surface area (TPSA) is 40.6 Å². The Balaban J connectivity index is 1.45. The number of carbonyl (C=O) groups excluding carboxylic acids is 2. The molecule has 0 atom stereocenters. The number of amides is 2. The van der Waals surface area contributed by atoms with E-state index in [2.05, 4.69) is 18.2 Å². The minimum absolute atomic E-state index is 0.0451. The van der Waals surface area contributed by atoms with Gasteiger partial charge in [0.15, 0.2) is 0 Å². The Morgan fingerprint density at radius 3 is 2.36 bits per heavy atom. The van der Waals surface area contributed by atoms with Crippen molar-refractivity contribution < 1.29 is 9.59 Å². The molecule has 0 fully saturated rings. The first-order chi connectivity index (χ1) is 12.2. The Bertz CT molecular complexity index is 815. The molecular weight excluding hydrogens is 312 g/mol. The van der Waals surface area contributed by atoms with Crippen LogP contribution in [0.4, 0.5) is 5.69 Å². The summed E-state index contributed by atoms with van der Waals surface area (Å²) >= 11 is 0. The van der Waals surface area contributed by atoms with Gasteiger partial charge in [-0.05, 0) is 42.0 Å². The predicted octanol–water partition coefficient (Wildman–Crippen LogP) is 2.94. The summed E-state index contributed by atoms with van der Waals surface area (Å²) in [5, 5.41) is 0. The summed E-state index contributed by atoms with van der Waals surface area (Å²) in [6, 6.07) is 16.2. The highest BCUT2D eigenvalue weighted by Gasteiger charge is 2.27. The molecule has 0 saturated carbocycles. The van der Waals surface area contributed by atoms with E-state index in [9.17, 15) is 9.59 Å². The third kappa shape index (κ3) is 3.16. The van der Waals surface area contributed by atoms with Crippen LogP contribution in [0.1, 0.15) is 29.5 Å².